The number of alkyl carbamates (subject to hydrolysis) is 2. The molecule has 0 aliphatic rings. The minimum atomic E-state index is -1.56. The van der Waals surface area contributed by atoms with Gasteiger partial charge in [-0.15, -0.1) is 6.58 Å². The largest absolute Gasteiger partial charge is 0.459 e. The Bertz CT molecular complexity index is 1170. The molecule has 0 aliphatic carbocycles. The lowest BCUT2D eigenvalue weighted by atomic mass is 9.93. The number of amides is 2. The SMILES string of the molecule is C=C[C@@](CCCNC(=O)OCc1ccccc1)(NC(=O)OCc1ccccc1)C(=O)OCc1ccccc1. The third-order valence-corrected chi connectivity index (χ3v) is 5.69. The third-order valence-electron chi connectivity index (χ3n) is 5.69. The second-order valence-electron chi connectivity index (χ2n) is 8.52. The van der Waals surface area contributed by atoms with Crippen LogP contribution in [0.3, 0.4) is 0 Å². The van der Waals surface area contributed by atoms with Crippen LogP contribution in [-0.2, 0) is 38.8 Å². The van der Waals surface area contributed by atoms with Crippen LogP contribution < -0.4 is 10.6 Å². The zero-order valence-corrected chi connectivity index (χ0v) is 21.1. The second-order valence-corrected chi connectivity index (χ2v) is 8.52. The van der Waals surface area contributed by atoms with Gasteiger partial charge in [0.1, 0.15) is 19.8 Å². The van der Waals surface area contributed by atoms with E-state index in [-0.39, 0.29) is 32.8 Å². The molecule has 198 valence electrons. The van der Waals surface area contributed by atoms with Crippen molar-refractivity contribution in [2.45, 2.75) is 38.2 Å². The Hall–Kier alpha value is -4.59. The predicted octanol–water partition coefficient (Wildman–Crippen LogP) is 5.29. The van der Waals surface area contributed by atoms with E-state index in [0.29, 0.717) is 6.42 Å². The van der Waals surface area contributed by atoms with E-state index in [2.05, 4.69) is 17.2 Å². The molecule has 0 unspecified atom stereocenters. The monoisotopic (exact) mass is 516 g/mol. The van der Waals surface area contributed by atoms with Crippen LogP contribution in [0.2, 0.25) is 0 Å². The molecule has 2 N–H and O–H groups in total. The first-order chi connectivity index (χ1) is 18.5. The van der Waals surface area contributed by atoms with E-state index in [4.69, 9.17) is 14.2 Å². The first-order valence-electron chi connectivity index (χ1n) is 12.3. The molecule has 0 aromatic heterocycles. The highest BCUT2D eigenvalue weighted by atomic mass is 16.6. The summed E-state index contributed by atoms with van der Waals surface area (Å²) in [6.07, 6.45) is 0.397. The molecule has 3 rings (SSSR count). The lowest BCUT2D eigenvalue weighted by Gasteiger charge is -2.29. The molecule has 0 bridgehead atoms. The van der Waals surface area contributed by atoms with Crippen LogP contribution in [0, 0.1) is 0 Å². The van der Waals surface area contributed by atoms with Gasteiger partial charge in [-0.2, -0.15) is 0 Å². The fourth-order valence-corrected chi connectivity index (χ4v) is 3.58. The average Bonchev–Trinajstić information content (AvgIpc) is 2.97. The molecule has 0 saturated heterocycles. The molecule has 0 saturated carbocycles. The molecule has 3 aromatic rings. The number of ether oxygens (including phenoxy) is 3. The van der Waals surface area contributed by atoms with Crippen LogP contribution >= 0.6 is 0 Å². The van der Waals surface area contributed by atoms with E-state index in [0.717, 1.165) is 16.7 Å². The van der Waals surface area contributed by atoms with Gasteiger partial charge in [0.15, 0.2) is 5.54 Å². The van der Waals surface area contributed by atoms with E-state index < -0.39 is 23.7 Å². The fourth-order valence-electron chi connectivity index (χ4n) is 3.58. The highest BCUT2D eigenvalue weighted by Crippen LogP contribution is 2.19. The Morgan fingerprint density at radius 1 is 0.684 bits per heavy atom. The fraction of sp³-hybridized carbons (Fsp3) is 0.233. The van der Waals surface area contributed by atoms with Gasteiger partial charge in [0.25, 0.3) is 0 Å². The molecule has 1 atom stereocenters. The molecule has 8 heteroatoms. The summed E-state index contributed by atoms with van der Waals surface area (Å²) in [6, 6.07) is 27.7. The summed E-state index contributed by atoms with van der Waals surface area (Å²) in [4.78, 5) is 37.9. The van der Waals surface area contributed by atoms with Gasteiger partial charge in [-0.1, -0.05) is 97.1 Å². The normalized spacial score (nSPS) is 11.9. The van der Waals surface area contributed by atoms with E-state index in [9.17, 15) is 14.4 Å². The van der Waals surface area contributed by atoms with Gasteiger partial charge < -0.3 is 24.8 Å². The van der Waals surface area contributed by atoms with E-state index in [1.54, 1.807) is 0 Å². The minimum Gasteiger partial charge on any atom is -0.459 e. The molecular formula is C30H32N2O6. The molecule has 3 aromatic carbocycles. The lowest BCUT2D eigenvalue weighted by molar-refractivity contribution is -0.151. The highest BCUT2D eigenvalue weighted by molar-refractivity contribution is 5.88. The summed E-state index contributed by atoms with van der Waals surface area (Å²) in [5, 5.41) is 5.28. The molecule has 0 spiro atoms. The maximum absolute atomic E-state index is 13.2. The van der Waals surface area contributed by atoms with Gasteiger partial charge in [0.2, 0.25) is 0 Å². The highest BCUT2D eigenvalue weighted by Gasteiger charge is 2.39. The maximum Gasteiger partial charge on any atom is 0.408 e. The first-order valence-corrected chi connectivity index (χ1v) is 12.3. The van der Waals surface area contributed by atoms with Crippen LogP contribution in [0.4, 0.5) is 9.59 Å². The van der Waals surface area contributed by atoms with Crippen molar-refractivity contribution in [3.05, 3.63) is 120 Å². The first kappa shape index (κ1) is 28.0. The van der Waals surface area contributed by atoms with Crippen molar-refractivity contribution in [1.82, 2.24) is 10.6 Å². The van der Waals surface area contributed by atoms with E-state index in [1.807, 2.05) is 91.0 Å². The van der Waals surface area contributed by atoms with Gasteiger partial charge >= 0.3 is 18.2 Å². The molecule has 0 heterocycles. The van der Waals surface area contributed by atoms with Crippen LogP contribution in [0.15, 0.2) is 104 Å². The van der Waals surface area contributed by atoms with Crippen molar-refractivity contribution in [2.75, 3.05) is 6.54 Å². The van der Waals surface area contributed by atoms with Gasteiger partial charge in [0.05, 0.1) is 0 Å². The van der Waals surface area contributed by atoms with Crippen molar-refractivity contribution in [3.63, 3.8) is 0 Å². The van der Waals surface area contributed by atoms with Crippen molar-refractivity contribution in [3.8, 4) is 0 Å². The Morgan fingerprint density at radius 3 is 1.61 bits per heavy atom. The summed E-state index contributed by atoms with van der Waals surface area (Å²) in [6.45, 7) is 4.18. The third kappa shape index (κ3) is 9.13. The second kappa shape index (κ2) is 14.8. The molecule has 0 aliphatic heterocycles. The van der Waals surface area contributed by atoms with Crippen LogP contribution in [0.5, 0.6) is 0 Å². The van der Waals surface area contributed by atoms with Crippen molar-refractivity contribution < 1.29 is 28.6 Å². The van der Waals surface area contributed by atoms with Gasteiger partial charge in [-0.25, -0.2) is 14.4 Å². The standard InChI is InChI=1S/C30H32N2O6/c1-2-30(27(33)36-21-24-13-6-3-7-14-24,32-29(35)38-23-26-17-10-5-11-18-26)19-12-20-31-28(34)37-22-25-15-8-4-9-16-25/h2-11,13-18H,1,12,19-23H2,(H,31,34)(H,32,35)/t30-/m0/s1. The van der Waals surface area contributed by atoms with E-state index in [1.165, 1.54) is 6.08 Å². The Morgan fingerprint density at radius 2 is 1.13 bits per heavy atom. The molecule has 2 amide bonds. The van der Waals surface area contributed by atoms with Crippen molar-refractivity contribution in [1.29, 1.82) is 0 Å². The Kier molecular flexibility index (Phi) is 10.9. The molecule has 0 fully saturated rings. The smallest absolute Gasteiger partial charge is 0.408 e. The molecule has 8 nitrogen and oxygen atoms in total. The summed E-state index contributed by atoms with van der Waals surface area (Å²) in [5.41, 5.74) is 0.913. The zero-order valence-electron chi connectivity index (χ0n) is 21.1. The maximum atomic E-state index is 13.2. The molecule has 0 radical (unpaired) electrons. The summed E-state index contributed by atoms with van der Waals surface area (Å²) < 4.78 is 16.1. The number of hydrogen-bond donors (Lipinski definition) is 2. The number of nitrogens with one attached hydrogen (secondary N) is 2. The van der Waals surface area contributed by atoms with Gasteiger partial charge in [0, 0.05) is 6.54 Å². The quantitative estimate of drug-likeness (QED) is 0.139. The van der Waals surface area contributed by atoms with Gasteiger partial charge in [-0.05, 0) is 29.5 Å². The van der Waals surface area contributed by atoms with Crippen molar-refractivity contribution >= 4 is 18.2 Å². The topological polar surface area (TPSA) is 103 Å². The van der Waals surface area contributed by atoms with E-state index >= 15 is 0 Å². The Labute approximate surface area is 222 Å². The van der Waals surface area contributed by atoms with Crippen LogP contribution in [-0.4, -0.2) is 30.2 Å². The van der Waals surface area contributed by atoms with Gasteiger partial charge in [-0.3, -0.25) is 0 Å². The number of carbonyl (C=O) groups excluding carboxylic acids is 3. The summed E-state index contributed by atoms with van der Waals surface area (Å²) in [7, 11) is 0. The number of esters is 1. The van der Waals surface area contributed by atoms with Crippen molar-refractivity contribution in [2.24, 2.45) is 0 Å². The number of rotatable bonds is 13. The molecular weight excluding hydrogens is 484 g/mol. The average molecular weight is 517 g/mol. The lowest BCUT2D eigenvalue weighted by Crippen LogP contribution is -2.54. The van der Waals surface area contributed by atoms with Crippen LogP contribution in [0.1, 0.15) is 29.5 Å². The summed E-state index contributed by atoms with van der Waals surface area (Å²) in [5.74, 6) is -0.681. The number of carbonyl (C=O) groups is 3. The predicted molar refractivity (Wildman–Crippen MR) is 143 cm³/mol. The minimum absolute atomic E-state index is 0.0278. The zero-order chi connectivity index (χ0) is 27.1. The van der Waals surface area contributed by atoms with Crippen LogP contribution in [0.25, 0.3) is 0 Å². The molecule has 38 heavy (non-hydrogen) atoms. The summed E-state index contributed by atoms with van der Waals surface area (Å²) >= 11 is 0. The number of hydrogen-bond acceptors (Lipinski definition) is 6. The Balaban J connectivity index is 1.56. The number of benzene rings is 3.